The maximum atomic E-state index is 12.4. The monoisotopic (exact) mass is 376 g/mol. The van der Waals surface area contributed by atoms with E-state index in [0.717, 1.165) is 0 Å². The summed E-state index contributed by atoms with van der Waals surface area (Å²) in [7, 11) is 4.49. The number of carbonyl (C=O) groups excluding carboxylic acids is 1. The minimum atomic E-state index is -1.30. The summed E-state index contributed by atoms with van der Waals surface area (Å²) in [5.41, 5.74) is 0.417. The molecule has 2 aromatic carbocycles. The molecular weight excluding hydrogens is 352 g/mol. The molecule has 0 aromatic heterocycles. The van der Waals surface area contributed by atoms with E-state index in [4.69, 9.17) is 23.7 Å². The second-order valence-corrected chi connectivity index (χ2v) is 5.50. The van der Waals surface area contributed by atoms with Crippen molar-refractivity contribution in [1.29, 1.82) is 0 Å². The van der Waals surface area contributed by atoms with Crippen molar-refractivity contribution in [1.82, 2.24) is 0 Å². The largest absolute Gasteiger partial charge is 0.493 e. The molecule has 0 aliphatic heterocycles. The Bertz CT molecular complexity index is 760. The summed E-state index contributed by atoms with van der Waals surface area (Å²) in [6, 6.07) is 11.7. The van der Waals surface area contributed by atoms with E-state index < -0.39 is 18.2 Å². The molecule has 2 rings (SSSR count). The molecular formula is C20H24O7. The lowest BCUT2D eigenvalue weighted by molar-refractivity contribution is -0.157. The second-order valence-electron chi connectivity index (χ2n) is 5.50. The summed E-state index contributed by atoms with van der Waals surface area (Å²) in [5.74, 6) is 0.996. The molecule has 7 nitrogen and oxygen atoms in total. The smallest absolute Gasteiger partial charge is 0.350 e. The Balaban J connectivity index is 2.37. The van der Waals surface area contributed by atoms with Gasteiger partial charge in [0.2, 0.25) is 6.10 Å². The minimum absolute atomic E-state index is 0.156. The number of methoxy groups -OCH3 is 3. The van der Waals surface area contributed by atoms with Gasteiger partial charge >= 0.3 is 5.97 Å². The topological polar surface area (TPSA) is 83.5 Å². The number of benzene rings is 2. The third-order valence-electron chi connectivity index (χ3n) is 3.88. The molecule has 1 N–H and O–H groups in total. The van der Waals surface area contributed by atoms with Crippen LogP contribution in [-0.4, -0.2) is 45.1 Å². The predicted octanol–water partition coefficient (Wildman–Crippen LogP) is 2.76. The van der Waals surface area contributed by atoms with E-state index in [9.17, 15) is 9.90 Å². The fraction of sp³-hybridized carbons (Fsp3) is 0.350. The lowest BCUT2D eigenvalue weighted by Crippen LogP contribution is -2.35. The van der Waals surface area contributed by atoms with Gasteiger partial charge in [-0.15, -0.1) is 0 Å². The minimum Gasteiger partial charge on any atom is -0.493 e. The first-order valence-electron chi connectivity index (χ1n) is 8.42. The van der Waals surface area contributed by atoms with Gasteiger partial charge in [0.15, 0.2) is 23.0 Å². The highest BCUT2D eigenvalue weighted by Gasteiger charge is 2.33. The Morgan fingerprint density at radius 3 is 2.11 bits per heavy atom. The molecule has 0 aliphatic carbocycles. The van der Waals surface area contributed by atoms with Crippen molar-refractivity contribution in [2.24, 2.45) is 0 Å². The van der Waals surface area contributed by atoms with Crippen LogP contribution in [0.25, 0.3) is 0 Å². The molecule has 2 aromatic rings. The lowest BCUT2D eigenvalue weighted by Gasteiger charge is -2.24. The van der Waals surface area contributed by atoms with Crippen LogP contribution in [0, 0.1) is 0 Å². The number of carbonyl (C=O) groups is 1. The van der Waals surface area contributed by atoms with Crippen molar-refractivity contribution in [3.05, 3.63) is 48.0 Å². The van der Waals surface area contributed by atoms with Crippen LogP contribution in [0.4, 0.5) is 0 Å². The third kappa shape index (κ3) is 4.83. The van der Waals surface area contributed by atoms with Gasteiger partial charge in [0.25, 0.3) is 0 Å². The maximum Gasteiger partial charge on any atom is 0.350 e. The fourth-order valence-corrected chi connectivity index (χ4v) is 2.53. The number of para-hydroxylation sites is 2. The van der Waals surface area contributed by atoms with Gasteiger partial charge < -0.3 is 28.8 Å². The highest BCUT2D eigenvalue weighted by Crippen LogP contribution is 2.34. The number of aliphatic hydroxyl groups excluding tert-OH is 1. The Kier molecular flexibility index (Phi) is 7.31. The molecule has 27 heavy (non-hydrogen) atoms. The van der Waals surface area contributed by atoms with Crippen molar-refractivity contribution >= 4 is 5.97 Å². The normalized spacial score (nSPS) is 12.6. The molecule has 0 radical (unpaired) electrons. The molecule has 2 atom stereocenters. The van der Waals surface area contributed by atoms with Crippen molar-refractivity contribution in [2.45, 2.75) is 19.1 Å². The van der Waals surface area contributed by atoms with Gasteiger partial charge in [0.1, 0.15) is 6.10 Å². The summed E-state index contributed by atoms with van der Waals surface area (Å²) in [6.45, 7) is 1.84. The van der Waals surface area contributed by atoms with Crippen molar-refractivity contribution in [2.75, 3.05) is 27.9 Å². The SMILES string of the molecule is CCOC(=O)[C@H](Oc1ccccc1OC)[C@@H](O)c1ccc(OC)c(OC)c1. The Morgan fingerprint density at radius 2 is 1.52 bits per heavy atom. The number of hydrogen-bond acceptors (Lipinski definition) is 7. The van der Waals surface area contributed by atoms with E-state index in [-0.39, 0.29) is 6.61 Å². The standard InChI is InChI=1S/C20H24O7/c1-5-26-20(22)19(27-16-9-7-6-8-14(16)23-2)18(21)13-10-11-15(24-3)17(12-13)25-4/h6-12,18-19,21H,5H2,1-4H3/t18-,19+/m0/s1. The molecule has 0 fully saturated rings. The highest BCUT2D eigenvalue weighted by atomic mass is 16.6. The lowest BCUT2D eigenvalue weighted by atomic mass is 10.0. The van der Waals surface area contributed by atoms with Gasteiger partial charge in [-0.05, 0) is 36.8 Å². The Hall–Kier alpha value is -2.93. The zero-order chi connectivity index (χ0) is 19.8. The number of aliphatic hydroxyl groups is 1. The number of rotatable bonds is 9. The van der Waals surface area contributed by atoms with Gasteiger partial charge in [0, 0.05) is 0 Å². The molecule has 146 valence electrons. The van der Waals surface area contributed by atoms with Gasteiger partial charge in [-0.3, -0.25) is 0 Å². The number of esters is 1. The van der Waals surface area contributed by atoms with Crippen molar-refractivity contribution in [3.63, 3.8) is 0 Å². The fourth-order valence-electron chi connectivity index (χ4n) is 2.53. The first kappa shape index (κ1) is 20.4. The second kappa shape index (κ2) is 9.68. The van der Waals surface area contributed by atoms with E-state index in [0.29, 0.717) is 28.6 Å². The van der Waals surface area contributed by atoms with Crippen LogP contribution in [0.5, 0.6) is 23.0 Å². The van der Waals surface area contributed by atoms with Gasteiger partial charge in [-0.25, -0.2) is 4.79 Å². The molecule has 0 heterocycles. The van der Waals surface area contributed by atoms with Crippen molar-refractivity contribution < 1.29 is 33.6 Å². The molecule has 7 heteroatoms. The molecule has 0 aliphatic rings. The van der Waals surface area contributed by atoms with Crippen LogP contribution in [0.2, 0.25) is 0 Å². The summed E-state index contributed by atoms with van der Waals surface area (Å²) in [5, 5.41) is 10.8. The van der Waals surface area contributed by atoms with Gasteiger partial charge in [-0.1, -0.05) is 18.2 Å². The first-order chi connectivity index (χ1) is 13.0. The zero-order valence-electron chi connectivity index (χ0n) is 15.8. The third-order valence-corrected chi connectivity index (χ3v) is 3.88. The predicted molar refractivity (Wildman–Crippen MR) is 98.5 cm³/mol. The summed E-state index contributed by atoms with van der Waals surface area (Å²) < 4.78 is 26.5. The van der Waals surface area contributed by atoms with E-state index >= 15 is 0 Å². The van der Waals surface area contributed by atoms with E-state index in [1.807, 2.05) is 0 Å². The Morgan fingerprint density at radius 1 is 0.926 bits per heavy atom. The molecule has 0 saturated carbocycles. The molecule has 0 unspecified atom stereocenters. The Labute approximate surface area is 158 Å². The van der Waals surface area contributed by atoms with Crippen molar-refractivity contribution in [3.8, 4) is 23.0 Å². The number of hydrogen-bond donors (Lipinski definition) is 1. The maximum absolute atomic E-state index is 12.4. The van der Waals surface area contributed by atoms with Gasteiger partial charge in [-0.2, -0.15) is 0 Å². The van der Waals surface area contributed by atoms with Crippen LogP contribution in [0.15, 0.2) is 42.5 Å². The molecule has 0 amide bonds. The average molecular weight is 376 g/mol. The van der Waals surface area contributed by atoms with Gasteiger partial charge in [0.05, 0.1) is 27.9 Å². The van der Waals surface area contributed by atoms with Crippen LogP contribution in [-0.2, 0) is 9.53 Å². The number of ether oxygens (including phenoxy) is 5. The van der Waals surface area contributed by atoms with Crippen LogP contribution in [0.1, 0.15) is 18.6 Å². The van der Waals surface area contributed by atoms with Crippen LogP contribution >= 0.6 is 0 Å². The molecule has 0 saturated heterocycles. The first-order valence-corrected chi connectivity index (χ1v) is 8.42. The van der Waals surface area contributed by atoms with Crippen LogP contribution < -0.4 is 18.9 Å². The summed E-state index contributed by atoms with van der Waals surface area (Å²) >= 11 is 0. The van der Waals surface area contributed by atoms with E-state index in [2.05, 4.69) is 0 Å². The molecule has 0 spiro atoms. The van der Waals surface area contributed by atoms with E-state index in [1.54, 1.807) is 49.4 Å². The zero-order valence-corrected chi connectivity index (χ0v) is 15.8. The summed E-state index contributed by atoms with van der Waals surface area (Å²) in [4.78, 5) is 12.4. The average Bonchev–Trinajstić information content (AvgIpc) is 2.71. The molecule has 0 bridgehead atoms. The summed E-state index contributed by atoms with van der Waals surface area (Å²) in [6.07, 6.45) is -2.59. The highest BCUT2D eigenvalue weighted by molar-refractivity contribution is 5.76. The quantitative estimate of drug-likeness (QED) is 0.674. The van der Waals surface area contributed by atoms with E-state index in [1.165, 1.54) is 21.3 Å². The van der Waals surface area contributed by atoms with Crippen LogP contribution in [0.3, 0.4) is 0 Å².